The number of hydrogen-bond acceptors (Lipinski definition) is 5. The molecule has 1 heterocycles. The second kappa shape index (κ2) is 7.41. The molecule has 27 heavy (non-hydrogen) atoms. The molecular formula is C20H19N3O4. The van der Waals surface area contributed by atoms with Gasteiger partial charge in [-0.3, -0.25) is 14.4 Å². The highest BCUT2D eigenvalue weighted by molar-refractivity contribution is 6.06. The molecule has 0 aliphatic carbocycles. The summed E-state index contributed by atoms with van der Waals surface area (Å²) in [7, 11) is 0. The third-order valence-corrected chi connectivity index (χ3v) is 4.07. The van der Waals surface area contributed by atoms with Crippen molar-refractivity contribution in [3.05, 3.63) is 70.3 Å². The van der Waals surface area contributed by atoms with Crippen LogP contribution < -0.4 is 15.3 Å². The van der Waals surface area contributed by atoms with Crippen molar-refractivity contribution in [1.82, 2.24) is 9.66 Å². The number of para-hydroxylation sites is 2. The van der Waals surface area contributed by atoms with Crippen LogP contribution in [0.1, 0.15) is 25.2 Å². The Morgan fingerprint density at radius 1 is 1.04 bits per heavy atom. The number of rotatable bonds is 4. The van der Waals surface area contributed by atoms with Gasteiger partial charge in [-0.1, -0.05) is 30.3 Å². The summed E-state index contributed by atoms with van der Waals surface area (Å²) in [6.07, 6.45) is 0. The van der Waals surface area contributed by atoms with Crippen LogP contribution in [-0.4, -0.2) is 21.5 Å². The summed E-state index contributed by atoms with van der Waals surface area (Å²) in [4.78, 5) is 41.5. The predicted octanol–water partition coefficient (Wildman–Crippen LogP) is 2.31. The van der Waals surface area contributed by atoms with Crippen molar-refractivity contribution in [2.45, 2.75) is 27.4 Å². The van der Waals surface area contributed by atoms with Crippen molar-refractivity contribution >= 4 is 22.7 Å². The van der Waals surface area contributed by atoms with Gasteiger partial charge in [-0.2, -0.15) is 9.69 Å². The van der Waals surface area contributed by atoms with Crippen LogP contribution in [0.15, 0.2) is 53.3 Å². The Bertz CT molecular complexity index is 1070. The molecule has 0 aliphatic rings. The lowest BCUT2D eigenvalue weighted by Gasteiger charge is -2.23. The molecule has 0 fully saturated rings. The van der Waals surface area contributed by atoms with Gasteiger partial charge >= 0.3 is 0 Å². The third kappa shape index (κ3) is 3.57. The summed E-state index contributed by atoms with van der Waals surface area (Å²) in [5.41, 5.74) is 0.880. The first-order valence-electron chi connectivity index (χ1n) is 8.41. The molecule has 7 nitrogen and oxygen atoms in total. The first kappa shape index (κ1) is 18.3. The van der Waals surface area contributed by atoms with Crippen molar-refractivity contribution < 1.29 is 14.3 Å². The standard InChI is InChI=1S/C20H19N3O4/c1-13-8-4-7-11-18(13)27-12-19-21-17-10-6-5-9-16(17)20(26)23(19)22(14(2)24)15(3)25/h4-11H,12H2,1-3H3. The topological polar surface area (TPSA) is 81.5 Å². The molecule has 1 aromatic heterocycles. The second-order valence-corrected chi connectivity index (χ2v) is 6.07. The molecule has 3 rings (SSSR count). The first-order chi connectivity index (χ1) is 12.9. The summed E-state index contributed by atoms with van der Waals surface area (Å²) < 4.78 is 6.80. The quantitative estimate of drug-likeness (QED) is 0.709. The van der Waals surface area contributed by atoms with Gasteiger partial charge in [-0.15, -0.1) is 0 Å². The zero-order valence-electron chi connectivity index (χ0n) is 15.3. The van der Waals surface area contributed by atoms with Crippen LogP contribution in [0.2, 0.25) is 0 Å². The van der Waals surface area contributed by atoms with Crippen LogP contribution in [0.25, 0.3) is 10.9 Å². The molecule has 2 amide bonds. The lowest BCUT2D eigenvalue weighted by Crippen LogP contribution is -2.50. The van der Waals surface area contributed by atoms with Crippen molar-refractivity contribution in [1.29, 1.82) is 0 Å². The maximum Gasteiger partial charge on any atom is 0.281 e. The molecule has 0 aliphatic heterocycles. The van der Waals surface area contributed by atoms with Crippen LogP contribution in [0.3, 0.4) is 0 Å². The number of benzene rings is 2. The van der Waals surface area contributed by atoms with Crippen LogP contribution in [0.4, 0.5) is 0 Å². The molecule has 0 saturated heterocycles. The van der Waals surface area contributed by atoms with E-state index in [1.165, 1.54) is 13.8 Å². The normalized spacial score (nSPS) is 10.6. The van der Waals surface area contributed by atoms with Gasteiger partial charge in [-0.05, 0) is 30.7 Å². The van der Waals surface area contributed by atoms with Gasteiger partial charge in [0.15, 0.2) is 5.82 Å². The summed E-state index contributed by atoms with van der Waals surface area (Å²) in [6.45, 7) is 4.25. The van der Waals surface area contributed by atoms with E-state index in [1.807, 2.05) is 25.1 Å². The van der Waals surface area contributed by atoms with E-state index < -0.39 is 17.4 Å². The van der Waals surface area contributed by atoms with Gasteiger partial charge in [0.2, 0.25) is 11.8 Å². The maximum atomic E-state index is 13.0. The summed E-state index contributed by atoms with van der Waals surface area (Å²) >= 11 is 0. The summed E-state index contributed by atoms with van der Waals surface area (Å²) in [5, 5.41) is 1.09. The first-order valence-corrected chi connectivity index (χ1v) is 8.41. The highest BCUT2D eigenvalue weighted by Gasteiger charge is 2.23. The summed E-state index contributed by atoms with van der Waals surface area (Å²) in [5.74, 6) is -0.381. The second-order valence-electron chi connectivity index (χ2n) is 6.07. The van der Waals surface area contributed by atoms with E-state index >= 15 is 0 Å². The molecule has 0 bridgehead atoms. The Labute approximate surface area is 155 Å². The average molecular weight is 365 g/mol. The van der Waals surface area contributed by atoms with E-state index in [-0.39, 0.29) is 12.4 Å². The Morgan fingerprint density at radius 2 is 1.67 bits per heavy atom. The van der Waals surface area contributed by atoms with Crippen LogP contribution >= 0.6 is 0 Å². The molecule has 0 atom stereocenters. The lowest BCUT2D eigenvalue weighted by molar-refractivity contribution is -0.126. The maximum absolute atomic E-state index is 13.0. The van der Waals surface area contributed by atoms with Gasteiger partial charge in [0.25, 0.3) is 5.56 Å². The van der Waals surface area contributed by atoms with E-state index in [0.717, 1.165) is 15.2 Å². The fourth-order valence-corrected chi connectivity index (χ4v) is 2.83. The number of aromatic nitrogens is 2. The Hall–Kier alpha value is -3.48. The Morgan fingerprint density at radius 3 is 2.33 bits per heavy atom. The molecule has 0 saturated carbocycles. The van der Waals surface area contributed by atoms with Gasteiger partial charge in [0.1, 0.15) is 12.4 Å². The highest BCUT2D eigenvalue weighted by atomic mass is 16.5. The molecule has 7 heteroatoms. The number of imide groups is 1. The van der Waals surface area contributed by atoms with Gasteiger partial charge in [-0.25, -0.2) is 4.98 Å². The van der Waals surface area contributed by atoms with Crippen LogP contribution in [-0.2, 0) is 16.2 Å². The zero-order valence-corrected chi connectivity index (χ0v) is 15.3. The number of amides is 2. The molecular weight excluding hydrogens is 346 g/mol. The van der Waals surface area contributed by atoms with E-state index in [0.29, 0.717) is 16.7 Å². The number of carbonyl (C=O) groups is 2. The highest BCUT2D eigenvalue weighted by Crippen LogP contribution is 2.18. The van der Waals surface area contributed by atoms with Crippen molar-refractivity contribution in [2.75, 3.05) is 5.01 Å². The third-order valence-electron chi connectivity index (χ3n) is 4.07. The predicted molar refractivity (Wildman–Crippen MR) is 101 cm³/mol. The Kier molecular flexibility index (Phi) is 5.03. The van der Waals surface area contributed by atoms with E-state index in [2.05, 4.69) is 4.98 Å². The monoisotopic (exact) mass is 365 g/mol. The van der Waals surface area contributed by atoms with E-state index in [4.69, 9.17) is 4.74 Å². The van der Waals surface area contributed by atoms with E-state index in [1.54, 1.807) is 30.3 Å². The minimum Gasteiger partial charge on any atom is -0.485 e. The smallest absolute Gasteiger partial charge is 0.281 e. The van der Waals surface area contributed by atoms with Gasteiger partial charge in [0.05, 0.1) is 10.9 Å². The van der Waals surface area contributed by atoms with Crippen molar-refractivity contribution in [3.8, 4) is 5.75 Å². The molecule has 138 valence electrons. The molecule has 0 unspecified atom stereocenters. The number of aryl methyl sites for hydroxylation is 1. The van der Waals surface area contributed by atoms with Crippen molar-refractivity contribution in [3.63, 3.8) is 0 Å². The zero-order chi connectivity index (χ0) is 19.6. The molecule has 2 aromatic carbocycles. The number of ether oxygens (including phenoxy) is 1. The van der Waals surface area contributed by atoms with Gasteiger partial charge < -0.3 is 4.74 Å². The fraction of sp³-hybridized carbons (Fsp3) is 0.200. The molecule has 0 N–H and O–H groups in total. The minimum absolute atomic E-state index is 0.0814. The minimum atomic E-state index is -0.584. The molecule has 0 radical (unpaired) electrons. The SMILES string of the molecule is CC(=O)N(C(C)=O)n1c(COc2ccccc2C)nc2ccccc2c1=O. The molecule has 0 spiro atoms. The number of fused-ring (bicyclic) bond motifs is 1. The number of hydrogen-bond donors (Lipinski definition) is 0. The Balaban J connectivity index is 2.16. The average Bonchev–Trinajstić information content (AvgIpc) is 2.63. The lowest BCUT2D eigenvalue weighted by atomic mass is 10.2. The number of nitrogens with zero attached hydrogens (tertiary/aromatic N) is 3. The van der Waals surface area contributed by atoms with Crippen LogP contribution in [0, 0.1) is 6.92 Å². The summed E-state index contributed by atoms with van der Waals surface area (Å²) in [6, 6.07) is 14.2. The number of carbonyl (C=O) groups excluding carboxylic acids is 2. The fourth-order valence-electron chi connectivity index (χ4n) is 2.83. The van der Waals surface area contributed by atoms with E-state index in [9.17, 15) is 14.4 Å². The van der Waals surface area contributed by atoms with Crippen molar-refractivity contribution in [2.24, 2.45) is 0 Å². The molecule has 3 aromatic rings. The van der Waals surface area contributed by atoms with Crippen LogP contribution in [0.5, 0.6) is 5.75 Å². The largest absolute Gasteiger partial charge is 0.485 e. The van der Waals surface area contributed by atoms with Gasteiger partial charge in [0, 0.05) is 13.8 Å².